The quantitative estimate of drug-likeness (QED) is 0.148. The van der Waals surface area contributed by atoms with Gasteiger partial charge in [-0.05, 0) is 52.0 Å². The number of nitrogens with one attached hydrogen (secondary N) is 3. The molecule has 0 saturated heterocycles. The molecule has 12 nitrogen and oxygen atoms in total. The van der Waals surface area contributed by atoms with Crippen LogP contribution in [0.5, 0.6) is 0 Å². The Bertz CT molecular complexity index is 681. The van der Waals surface area contributed by atoms with Gasteiger partial charge in [-0.25, -0.2) is 4.79 Å². The molecular formula is C20H37N5O7. The number of carbonyl (C=O) groups excluding carboxylic acids is 3. The molecular weight excluding hydrogens is 422 g/mol. The summed E-state index contributed by atoms with van der Waals surface area (Å²) in [5, 5.41) is 25.5. The number of amides is 3. The van der Waals surface area contributed by atoms with Crippen molar-refractivity contribution in [3.05, 3.63) is 0 Å². The minimum Gasteiger partial charge on any atom is -0.481 e. The Morgan fingerprint density at radius 1 is 0.938 bits per heavy atom. The Morgan fingerprint density at radius 3 is 2.00 bits per heavy atom. The predicted octanol–water partition coefficient (Wildman–Crippen LogP) is -1.09. The third kappa shape index (κ3) is 11.0. The fraction of sp³-hybridized carbons (Fsp3) is 0.750. The molecule has 12 heteroatoms. The zero-order chi connectivity index (χ0) is 25.1. The van der Waals surface area contributed by atoms with Gasteiger partial charge in [0.05, 0.1) is 12.5 Å². The van der Waals surface area contributed by atoms with Crippen molar-refractivity contribution in [3.63, 3.8) is 0 Å². The molecule has 0 bridgehead atoms. The highest BCUT2D eigenvalue weighted by Gasteiger charge is 2.36. The molecule has 0 heterocycles. The van der Waals surface area contributed by atoms with Crippen LogP contribution in [0.15, 0.2) is 0 Å². The van der Waals surface area contributed by atoms with Crippen LogP contribution in [0.25, 0.3) is 0 Å². The van der Waals surface area contributed by atoms with Crippen LogP contribution in [0.4, 0.5) is 0 Å². The normalized spacial score (nSPS) is 14.2. The van der Waals surface area contributed by atoms with Crippen LogP contribution >= 0.6 is 0 Å². The number of hydrogen-bond acceptors (Lipinski definition) is 7. The Balaban J connectivity index is 5.25. The largest absolute Gasteiger partial charge is 0.481 e. The van der Waals surface area contributed by atoms with Crippen LogP contribution in [0, 0.1) is 5.92 Å². The van der Waals surface area contributed by atoms with Crippen molar-refractivity contribution in [1.29, 1.82) is 0 Å². The number of carboxylic acid groups (broad SMARTS) is 2. The molecule has 0 aliphatic heterocycles. The lowest BCUT2D eigenvalue weighted by molar-refractivity contribution is -0.144. The highest BCUT2D eigenvalue weighted by Crippen LogP contribution is 2.09. The van der Waals surface area contributed by atoms with Gasteiger partial charge >= 0.3 is 11.9 Å². The van der Waals surface area contributed by atoms with Crippen LogP contribution < -0.4 is 27.4 Å². The molecule has 32 heavy (non-hydrogen) atoms. The van der Waals surface area contributed by atoms with Gasteiger partial charge in [0.2, 0.25) is 17.7 Å². The second kappa shape index (κ2) is 13.6. The maximum Gasteiger partial charge on any atom is 0.326 e. The predicted molar refractivity (Wildman–Crippen MR) is 116 cm³/mol. The average molecular weight is 460 g/mol. The number of carbonyl (C=O) groups is 5. The first-order valence-corrected chi connectivity index (χ1v) is 10.5. The van der Waals surface area contributed by atoms with E-state index >= 15 is 0 Å². The zero-order valence-corrected chi connectivity index (χ0v) is 19.1. The van der Waals surface area contributed by atoms with Crippen molar-refractivity contribution in [2.24, 2.45) is 17.4 Å². The van der Waals surface area contributed by atoms with E-state index in [1.807, 2.05) is 13.8 Å². The third-order valence-corrected chi connectivity index (χ3v) is 4.63. The lowest BCUT2D eigenvalue weighted by Gasteiger charge is -2.29. The summed E-state index contributed by atoms with van der Waals surface area (Å²) in [6, 6.07) is -3.57. The van der Waals surface area contributed by atoms with Crippen molar-refractivity contribution < 1.29 is 34.2 Å². The van der Waals surface area contributed by atoms with Crippen LogP contribution in [0.2, 0.25) is 0 Å². The molecule has 9 N–H and O–H groups in total. The first-order chi connectivity index (χ1) is 14.7. The molecule has 0 fully saturated rings. The van der Waals surface area contributed by atoms with Gasteiger partial charge in [0.15, 0.2) is 0 Å². The fourth-order valence-electron chi connectivity index (χ4n) is 2.82. The molecule has 0 aromatic carbocycles. The van der Waals surface area contributed by atoms with Gasteiger partial charge < -0.3 is 37.6 Å². The van der Waals surface area contributed by atoms with E-state index in [-0.39, 0.29) is 12.3 Å². The minimum atomic E-state index is -1.58. The topological polar surface area (TPSA) is 214 Å². The maximum atomic E-state index is 12.7. The fourth-order valence-corrected chi connectivity index (χ4v) is 2.82. The van der Waals surface area contributed by atoms with Crippen LogP contribution in [0.1, 0.15) is 59.8 Å². The number of carboxylic acids is 2. The van der Waals surface area contributed by atoms with Crippen molar-refractivity contribution >= 4 is 29.7 Å². The number of unbranched alkanes of at least 4 members (excludes halogenated alkanes) is 1. The van der Waals surface area contributed by atoms with E-state index in [0.29, 0.717) is 25.8 Å². The Kier molecular flexibility index (Phi) is 12.5. The van der Waals surface area contributed by atoms with E-state index < -0.39 is 59.7 Å². The number of rotatable bonds is 15. The van der Waals surface area contributed by atoms with Gasteiger partial charge in [-0.15, -0.1) is 0 Å². The van der Waals surface area contributed by atoms with E-state index in [4.69, 9.17) is 16.6 Å². The molecule has 0 aliphatic carbocycles. The lowest BCUT2D eigenvalue weighted by Crippen LogP contribution is -2.61. The summed E-state index contributed by atoms with van der Waals surface area (Å²) in [5.41, 5.74) is 9.60. The second-order valence-corrected chi connectivity index (χ2v) is 8.66. The van der Waals surface area contributed by atoms with Gasteiger partial charge in [0.25, 0.3) is 0 Å². The average Bonchev–Trinajstić information content (AvgIpc) is 2.65. The monoisotopic (exact) mass is 459 g/mol. The Morgan fingerprint density at radius 2 is 1.53 bits per heavy atom. The van der Waals surface area contributed by atoms with Crippen molar-refractivity contribution in [3.8, 4) is 0 Å². The van der Waals surface area contributed by atoms with E-state index in [9.17, 15) is 29.1 Å². The molecule has 0 aromatic rings. The molecule has 0 saturated carbocycles. The smallest absolute Gasteiger partial charge is 0.326 e. The molecule has 3 amide bonds. The summed E-state index contributed by atoms with van der Waals surface area (Å²) in [5.74, 6) is -4.83. The zero-order valence-electron chi connectivity index (χ0n) is 19.1. The minimum absolute atomic E-state index is 0.108. The second-order valence-electron chi connectivity index (χ2n) is 8.66. The third-order valence-electron chi connectivity index (χ3n) is 4.63. The van der Waals surface area contributed by atoms with E-state index in [1.54, 1.807) is 0 Å². The number of nitrogens with two attached hydrogens (primary N) is 2. The van der Waals surface area contributed by atoms with Crippen LogP contribution in [-0.4, -0.2) is 70.1 Å². The number of hydrogen-bond donors (Lipinski definition) is 7. The van der Waals surface area contributed by atoms with Gasteiger partial charge in [0, 0.05) is 0 Å². The molecule has 0 rings (SSSR count). The highest BCUT2D eigenvalue weighted by atomic mass is 16.4. The molecule has 0 aliphatic rings. The molecule has 3 atom stereocenters. The van der Waals surface area contributed by atoms with Crippen molar-refractivity contribution in [2.75, 3.05) is 6.54 Å². The maximum absolute atomic E-state index is 12.7. The van der Waals surface area contributed by atoms with Crippen molar-refractivity contribution in [1.82, 2.24) is 16.0 Å². The van der Waals surface area contributed by atoms with Gasteiger partial charge in [-0.2, -0.15) is 0 Å². The summed E-state index contributed by atoms with van der Waals surface area (Å²) in [4.78, 5) is 60.1. The van der Waals surface area contributed by atoms with Crippen molar-refractivity contribution in [2.45, 2.75) is 83.5 Å². The van der Waals surface area contributed by atoms with E-state index in [1.165, 1.54) is 13.8 Å². The van der Waals surface area contributed by atoms with Crippen LogP contribution in [-0.2, 0) is 24.0 Å². The number of aliphatic carboxylic acids is 2. The molecule has 184 valence electrons. The highest BCUT2D eigenvalue weighted by molar-refractivity contribution is 5.97. The Hall–Kier alpha value is -2.73. The SMILES string of the molecule is CC(C)C[C@H](N)C(=O)N[C@@H](CC(=O)O)C(=O)NC(C)(C)C(=O)N[C@@H](CCCCN)C(=O)O. The van der Waals surface area contributed by atoms with Gasteiger partial charge in [-0.3, -0.25) is 19.2 Å². The first-order valence-electron chi connectivity index (χ1n) is 10.5. The summed E-state index contributed by atoms with van der Waals surface area (Å²) in [7, 11) is 0. The molecule has 0 aromatic heterocycles. The Labute approximate surface area is 187 Å². The standard InChI is InChI=1S/C20H37N5O7/c1-11(2)9-12(22)16(28)23-14(10-15(26)27)17(29)25-20(3,4)19(32)24-13(18(30)31)7-5-6-8-21/h11-14H,5-10,21-22H2,1-4H3,(H,23,28)(H,24,32)(H,25,29)(H,26,27)(H,30,31)/t12-,13-,14-/m0/s1. The summed E-state index contributed by atoms with van der Waals surface area (Å²) < 4.78 is 0. The van der Waals surface area contributed by atoms with E-state index in [0.717, 1.165) is 0 Å². The van der Waals surface area contributed by atoms with Gasteiger partial charge in [-0.1, -0.05) is 13.8 Å². The molecule has 0 spiro atoms. The van der Waals surface area contributed by atoms with Crippen LogP contribution in [0.3, 0.4) is 0 Å². The molecule has 0 unspecified atom stereocenters. The molecule has 0 radical (unpaired) electrons. The summed E-state index contributed by atoms with van der Waals surface area (Å²) in [6.45, 7) is 6.78. The summed E-state index contributed by atoms with van der Waals surface area (Å²) in [6.07, 6.45) is 0.856. The van der Waals surface area contributed by atoms with Gasteiger partial charge in [0.1, 0.15) is 17.6 Å². The lowest BCUT2D eigenvalue weighted by atomic mass is 10.0. The van der Waals surface area contributed by atoms with E-state index in [2.05, 4.69) is 16.0 Å². The first kappa shape index (κ1) is 29.3. The summed E-state index contributed by atoms with van der Waals surface area (Å²) >= 11 is 0.